The highest BCUT2D eigenvalue weighted by Crippen LogP contribution is 2.22. The Morgan fingerprint density at radius 1 is 0.967 bits per heavy atom. The van der Waals surface area contributed by atoms with E-state index in [0.29, 0.717) is 12.3 Å². The summed E-state index contributed by atoms with van der Waals surface area (Å²) in [6.45, 7) is 6.35. The first kappa shape index (κ1) is 21.4. The molecule has 0 aromatic heterocycles. The minimum absolute atomic E-state index is 0.197. The summed E-state index contributed by atoms with van der Waals surface area (Å²) in [5.41, 5.74) is 4.10. The van der Waals surface area contributed by atoms with E-state index in [0.717, 1.165) is 35.5 Å². The highest BCUT2D eigenvalue weighted by molar-refractivity contribution is 5.94. The van der Waals surface area contributed by atoms with E-state index in [1.165, 1.54) is 5.56 Å². The van der Waals surface area contributed by atoms with Crippen LogP contribution in [0.2, 0.25) is 0 Å². The molecular weight excluding hydrogens is 374 g/mol. The third-order valence-corrected chi connectivity index (χ3v) is 4.84. The maximum Gasteiger partial charge on any atom is 0.265 e. The number of ether oxygens (including phenoxy) is 2. The van der Waals surface area contributed by atoms with Crippen molar-refractivity contribution in [3.8, 4) is 11.5 Å². The van der Waals surface area contributed by atoms with Crippen molar-refractivity contribution in [2.24, 2.45) is 0 Å². The molecule has 156 valence electrons. The van der Waals surface area contributed by atoms with Gasteiger partial charge in [-0.15, -0.1) is 0 Å². The fraction of sp³-hybridized carbons (Fsp3) is 0.269. The second kappa shape index (κ2) is 10.5. The van der Waals surface area contributed by atoms with Crippen LogP contribution in [0, 0.1) is 13.8 Å². The standard InChI is InChI=1S/C26H29NO3/c1-19-14-15-20(2)25(17-19)30-21(3)26(28)27-23-12-7-13-24(18-23)29-16-8-11-22-9-5-4-6-10-22/h4-7,9-10,12-15,17-18,21H,8,11,16H2,1-3H3,(H,27,28). The first-order valence-electron chi connectivity index (χ1n) is 10.3. The van der Waals surface area contributed by atoms with Crippen LogP contribution in [0.5, 0.6) is 11.5 Å². The lowest BCUT2D eigenvalue weighted by molar-refractivity contribution is -0.122. The molecule has 0 spiro atoms. The molecule has 1 atom stereocenters. The van der Waals surface area contributed by atoms with Gasteiger partial charge in [-0.3, -0.25) is 4.79 Å². The number of hydrogen-bond acceptors (Lipinski definition) is 3. The van der Waals surface area contributed by atoms with Crippen LogP contribution in [0.3, 0.4) is 0 Å². The first-order valence-corrected chi connectivity index (χ1v) is 10.3. The van der Waals surface area contributed by atoms with Gasteiger partial charge in [0.25, 0.3) is 5.91 Å². The highest BCUT2D eigenvalue weighted by Gasteiger charge is 2.16. The average Bonchev–Trinajstić information content (AvgIpc) is 2.75. The fourth-order valence-electron chi connectivity index (χ4n) is 3.10. The largest absolute Gasteiger partial charge is 0.494 e. The van der Waals surface area contributed by atoms with Crippen molar-refractivity contribution in [1.29, 1.82) is 0 Å². The maximum absolute atomic E-state index is 12.6. The number of benzene rings is 3. The lowest BCUT2D eigenvalue weighted by Gasteiger charge is -2.17. The Kier molecular flexibility index (Phi) is 7.50. The van der Waals surface area contributed by atoms with Crippen molar-refractivity contribution in [1.82, 2.24) is 0 Å². The lowest BCUT2D eigenvalue weighted by atomic mass is 10.1. The van der Waals surface area contributed by atoms with E-state index in [1.807, 2.05) is 74.5 Å². The van der Waals surface area contributed by atoms with Gasteiger partial charge in [-0.2, -0.15) is 0 Å². The molecule has 0 aliphatic heterocycles. The van der Waals surface area contributed by atoms with Crippen LogP contribution in [0.1, 0.15) is 30.0 Å². The van der Waals surface area contributed by atoms with Crippen LogP contribution < -0.4 is 14.8 Å². The molecule has 3 aromatic rings. The molecule has 0 fully saturated rings. The summed E-state index contributed by atoms with van der Waals surface area (Å²) in [6.07, 6.45) is 1.30. The predicted molar refractivity (Wildman–Crippen MR) is 121 cm³/mol. The van der Waals surface area contributed by atoms with Gasteiger partial charge in [-0.1, -0.05) is 48.5 Å². The summed E-state index contributed by atoms with van der Waals surface area (Å²) in [4.78, 5) is 12.6. The van der Waals surface area contributed by atoms with Crippen LogP contribution in [0.15, 0.2) is 72.8 Å². The zero-order valence-corrected chi connectivity index (χ0v) is 17.9. The van der Waals surface area contributed by atoms with Gasteiger partial charge in [0.15, 0.2) is 6.10 Å². The number of carbonyl (C=O) groups excluding carboxylic acids is 1. The fourth-order valence-corrected chi connectivity index (χ4v) is 3.10. The summed E-state index contributed by atoms with van der Waals surface area (Å²) >= 11 is 0. The molecule has 3 rings (SSSR count). The Hall–Kier alpha value is -3.27. The topological polar surface area (TPSA) is 47.6 Å². The highest BCUT2D eigenvalue weighted by atomic mass is 16.5. The van der Waals surface area contributed by atoms with E-state index >= 15 is 0 Å². The molecule has 0 aliphatic rings. The van der Waals surface area contributed by atoms with Crippen LogP contribution in [0.25, 0.3) is 0 Å². The molecule has 0 saturated heterocycles. The smallest absolute Gasteiger partial charge is 0.265 e. The number of carbonyl (C=O) groups is 1. The summed E-state index contributed by atoms with van der Waals surface area (Å²) in [7, 11) is 0. The molecule has 1 unspecified atom stereocenters. The maximum atomic E-state index is 12.6. The van der Waals surface area contributed by atoms with Crippen molar-refractivity contribution >= 4 is 11.6 Å². The van der Waals surface area contributed by atoms with E-state index in [4.69, 9.17) is 9.47 Å². The summed E-state index contributed by atoms with van der Waals surface area (Å²) in [5, 5.41) is 2.91. The van der Waals surface area contributed by atoms with Gasteiger partial charge in [-0.05, 0) is 68.5 Å². The van der Waals surface area contributed by atoms with Crippen molar-refractivity contribution in [2.75, 3.05) is 11.9 Å². The predicted octanol–water partition coefficient (Wildman–Crippen LogP) is 5.72. The van der Waals surface area contributed by atoms with E-state index in [-0.39, 0.29) is 5.91 Å². The summed E-state index contributed by atoms with van der Waals surface area (Å²) in [5.74, 6) is 1.27. The van der Waals surface area contributed by atoms with Gasteiger partial charge >= 0.3 is 0 Å². The van der Waals surface area contributed by atoms with Crippen LogP contribution >= 0.6 is 0 Å². The molecule has 0 heterocycles. The summed E-state index contributed by atoms with van der Waals surface area (Å²) < 4.78 is 11.7. The Balaban J connectivity index is 1.50. The minimum Gasteiger partial charge on any atom is -0.494 e. The first-order chi connectivity index (χ1) is 14.5. The van der Waals surface area contributed by atoms with Crippen molar-refractivity contribution in [3.05, 3.63) is 89.5 Å². The number of rotatable bonds is 9. The van der Waals surface area contributed by atoms with E-state index in [1.54, 1.807) is 6.92 Å². The Morgan fingerprint density at radius 3 is 2.57 bits per heavy atom. The molecule has 1 amide bonds. The number of anilines is 1. The normalized spacial score (nSPS) is 11.6. The molecule has 0 aliphatic carbocycles. The summed E-state index contributed by atoms with van der Waals surface area (Å²) in [6, 6.07) is 23.8. The Morgan fingerprint density at radius 2 is 1.77 bits per heavy atom. The number of aryl methyl sites for hydroxylation is 3. The van der Waals surface area contributed by atoms with Crippen molar-refractivity contribution < 1.29 is 14.3 Å². The molecule has 30 heavy (non-hydrogen) atoms. The van der Waals surface area contributed by atoms with E-state index < -0.39 is 6.10 Å². The van der Waals surface area contributed by atoms with Gasteiger partial charge < -0.3 is 14.8 Å². The Bertz CT molecular complexity index is 969. The number of hydrogen-bond donors (Lipinski definition) is 1. The van der Waals surface area contributed by atoms with Crippen molar-refractivity contribution in [2.45, 2.75) is 39.7 Å². The minimum atomic E-state index is -0.610. The van der Waals surface area contributed by atoms with Gasteiger partial charge in [0.05, 0.1) is 6.61 Å². The molecule has 0 radical (unpaired) electrons. The van der Waals surface area contributed by atoms with Crippen LogP contribution in [0.4, 0.5) is 5.69 Å². The quantitative estimate of drug-likeness (QED) is 0.465. The number of amides is 1. The zero-order chi connectivity index (χ0) is 21.3. The van der Waals surface area contributed by atoms with E-state index in [2.05, 4.69) is 17.4 Å². The molecule has 1 N–H and O–H groups in total. The van der Waals surface area contributed by atoms with Crippen LogP contribution in [-0.4, -0.2) is 18.6 Å². The average molecular weight is 404 g/mol. The van der Waals surface area contributed by atoms with Crippen LogP contribution in [-0.2, 0) is 11.2 Å². The van der Waals surface area contributed by atoms with Gasteiger partial charge in [0.2, 0.25) is 0 Å². The third-order valence-electron chi connectivity index (χ3n) is 4.84. The number of nitrogens with one attached hydrogen (secondary N) is 1. The van der Waals surface area contributed by atoms with Crippen molar-refractivity contribution in [3.63, 3.8) is 0 Å². The SMILES string of the molecule is Cc1ccc(C)c(OC(C)C(=O)Nc2cccc(OCCCc3ccccc3)c2)c1. The zero-order valence-electron chi connectivity index (χ0n) is 17.9. The van der Waals surface area contributed by atoms with Gasteiger partial charge in [0, 0.05) is 11.8 Å². The third kappa shape index (κ3) is 6.38. The molecule has 4 heteroatoms. The lowest BCUT2D eigenvalue weighted by Crippen LogP contribution is -2.30. The second-order valence-electron chi connectivity index (χ2n) is 7.48. The molecule has 0 bridgehead atoms. The molecule has 4 nitrogen and oxygen atoms in total. The second-order valence-corrected chi connectivity index (χ2v) is 7.48. The Labute approximate surface area is 178 Å². The van der Waals surface area contributed by atoms with Gasteiger partial charge in [-0.25, -0.2) is 0 Å². The monoisotopic (exact) mass is 403 g/mol. The van der Waals surface area contributed by atoms with Gasteiger partial charge in [0.1, 0.15) is 11.5 Å². The molecule has 3 aromatic carbocycles. The van der Waals surface area contributed by atoms with E-state index in [9.17, 15) is 4.79 Å². The molecular formula is C26H29NO3. The molecule has 0 saturated carbocycles.